The summed E-state index contributed by atoms with van der Waals surface area (Å²) in [6.07, 6.45) is 0. The van der Waals surface area contributed by atoms with Crippen molar-refractivity contribution in [3.05, 3.63) is 58.1 Å². The van der Waals surface area contributed by atoms with Gasteiger partial charge in [0.05, 0.1) is 21.7 Å². The number of nitro benzene ring substituents is 1. The van der Waals surface area contributed by atoms with E-state index in [2.05, 4.69) is 0 Å². The molecule has 0 aliphatic carbocycles. The van der Waals surface area contributed by atoms with Crippen LogP contribution in [0.2, 0.25) is 0 Å². The molecule has 0 spiro atoms. The molecule has 0 atom stereocenters. The zero-order valence-electron chi connectivity index (χ0n) is 10.9. The van der Waals surface area contributed by atoms with E-state index in [1.54, 1.807) is 30.3 Å². The number of hydrogen-bond donors (Lipinski definition) is 3. The van der Waals surface area contributed by atoms with Gasteiger partial charge in [-0.15, -0.1) is 0 Å². The van der Waals surface area contributed by atoms with Crippen LogP contribution >= 0.6 is 0 Å². The van der Waals surface area contributed by atoms with E-state index in [1.165, 1.54) is 0 Å². The fourth-order valence-electron chi connectivity index (χ4n) is 1.99. The molecule has 0 amide bonds. The maximum atomic E-state index is 11.2. The maximum absolute atomic E-state index is 11.2. The molecule has 9 heteroatoms. The lowest BCUT2D eigenvalue weighted by Crippen LogP contribution is -2.05. The summed E-state index contributed by atoms with van der Waals surface area (Å²) >= 11 is 0. The van der Waals surface area contributed by atoms with Crippen LogP contribution in [0.3, 0.4) is 0 Å². The number of hydrogen-bond acceptors (Lipinski definition) is 5. The monoisotopic (exact) mass is 322 g/mol. The van der Waals surface area contributed by atoms with Crippen molar-refractivity contribution in [3.8, 4) is 11.1 Å². The zero-order chi connectivity index (χ0) is 16.3. The normalized spacial score (nSPS) is 10.4. The summed E-state index contributed by atoms with van der Waals surface area (Å²) in [6, 6.07) is 10.0. The number of carboxylic acid groups (broad SMARTS) is 1. The van der Waals surface area contributed by atoms with Crippen molar-refractivity contribution in [2.24, 2.45) is 0 Å². The van der Waals surface area contributed by atoms with Crippen molar-refractivity contribution in [3.63, 3.8) is 0 Å². The van der Waals surface area contributed by atoms with Crippen LogP contribution in [-0.2, 0) is 10.9 Å². The third-order valence-electron chi connectivity index (χ3n) is 2.84. The minimum absolute atomic E-state index is 0.00907. The van der Waals surface area contributed by atoms with Gasteiger partial charge in [0.15, 0.2) is 0 Å². The van der Waals surface area contributed by atoms with Crippen molar-refractivity contribution in [2.75, 3.05) is 4.72 Å². The highest BCUT2D eigenvalue weighted by Crippen LogP contribution is 2.37. The van der Waals surface area contributed by atoms with Gasteiger partial charge in [-0.25, -0.2) is 13.2 Å². The first-order chi connectivity index (χ1) is 10.4. The number of carbonyl (C=O) groups is 1. The van der Waals surface area contributed by atoms with E-state index in [0.29, 0.717) is 5.56 Å². The lowest BCUT2D eigenvalue weighted by molar-refractivity contribution is -0.384. The van der Waals surface area contributed by atoms with E-state index >= 15 is 0 Å². The van der Waals surface area contributed by atoms with Crippen LogP contribution in [0.4, 0.5) is 11.4 Å². The standard InChI is InChI=1S/C13H10N2O6S/c16-13(17)9-6-10(14-22(20)21)12(11(7-9)15(18)19)8-4-2-1-3-5-8/h1-7,22H,(H,16,17)(H,14,20,21). The maximum Gasteiger partial charge on any atom is 0.336 e. The van der Waals surface area contributed by atoms with Gasteiger partial charge in [-0.3, -0.25) is 14.8 Å². The second kappa shape index (κ2) is 6.22. The minimum atomic E-state index is -3.11. The Labute approximate surface area is 126 Å². The number of nitro groups is 1. The first-order valence-electron chi connectivity index (χ1n) is 5.92. The summed E-state index contributed by atoms with van der Waals surface area (Å²) in [5, 5.41) is 20.3. The van der Waals surface area contributed by atoms with E-state index in [4.69, 9.17) is 5.11 Å². The number of aromatic carboxylic acids is 1. The van der Waals surface area contributed by atoms with Crippen molar-refractivity contribution in [1.82, 2.24) is 0 Å². The summed E-state index contributed by atoms with van der Waals surface area (Å²) in [4.78, 5) is 21.5. The van der Waals surface area contributed by atoms with Gasteiger partial charge in [-0.1, -0.05) is 30.3 Å². The van der Waals surface area contributed by atoms with Crippen LogP contribution in [0.1, 0.15) is 10.4 Å². The summed E-state index contributed by atoms with van der Waals surface area (Å²) < 4.78 is 23.9. The number of nitrogens with zero attached hydrogens (tertiary/aromatic N) is 1. The van der Waals surface area contributed by atoms with Gasteiger partial charge in [0.25, 0.3) is 5.69 Å². The van der Waals surface area contributed by atoms with Crippen molar-refractivity contribution in [2.45, 2.75) is 0 Å². The van der Waals surface area contributed by atoms with Crippen molar-refractivity contribution >= 4 is 28.2 Å². The fourth-order valence-corrected chi connectivity index (χ4v) is 2.36. The highest BCUT2D eigenvalue weighted by atomic mass is 32.2. The highest BCUT2D eigenvalue weighted by Gasteiger charge is 2.23. The van der Waals surface area contributed by atoms with Crippen LogP contribution < -0.4 is 4.72 Å². The molecule has 0 aromatic heterocycles. The fraction of sp³-hybridized carbons (Fsp3) is 0. The lowest BCUT2D eigenvalue weighted by atomic mass is 9.99. The summed E-state index contributed by atoms with van der Waals surface area (Å²) in [5.41, 5.74) is -0.634. The molecule has 0 heterocycles. The van der Waals surface area contributed by atoms with E-state index in [1.807, 2.05) is 4.72 Å². The first kappa shape index (κ1) is 15.4. The molecule has 0 saturated heterocycles. The summed E-state index contributed by atoms with van der Waals surface area (Å²) in [6.45, 7) is 0. The number of benzene rings is 2. The average Bonchev–Trinajstić information content (AvgIpc) is 2.46. The predicted molar refractivity (Wildman–Crippen MR) is 79.4 cm³/mol. The Kier molecular flexibility index (Phi) is 4.37. The number of thiol groups is 1. The number of anilines is 1. The van der Waals surface area contributed by atoms with Gasteiger partial charge in [-0.2, -0.15) is 0 Å². The lowest BCUT2D eigenvalue weighted by Gasteiger charge is -2.10. The average molecular weight is 322 g/mol. The first-order valence-corrected chi connectivity index (χ1v) is 7.10. The van der Waals surface area contributed by atoms with E-state index in [0.717, 1.165) is 12.1 Å². The molecular weight excluding hydrogens is 312 g/mol. The van der Waals surface area contributed by atoms with E-state index in [-0.39, 0.29) is 16.8 Å². The molecule has 0 aliphatic rings. The molecule has 114 valence electrons. The molecule has 0 radical (unpaired) electrons. The predicted octanol–water partition coefficient (Wildman–Crippen LogP) is 1.90. The SMILES string of the molecule is O=C(O)c1cc(N[SH](=O)=O)c(-c2ccccc2)c([N+](=O)[O-])c1. The van der Waals surface area contributed by atoms with Crippen LogP contribution in [0, 0.1) is 10.1 Å². The topological polar surface area (TPSA) is 127 Å². The molecular formula is C13H10N2O6S. The van der Waals surface area contributed by atoms with Crippen molar-refractivity contribution < 1.29 is 23.2 Å². The largest absolute Gasteiger partial charge is 0.478 e. The minimum Gasteiger partial charge on any atom is -0.478 e. The smallest absolute Gasteiger partial charge is 0.336 e. The Balaban J connectivity index is 2.82. The number of rotatable bonds is 5. The van der Waals surface area contributed by atoms with Crippen LogP contribution in [0.25, 0.3) is 11.1 Å². The van der Waals surface area contributed by atoms with Gasteiger partial charge in [0.1, 0.15) is 0 Å². The van der Waals surface area contributed by atoms with Gasteiger partial charge in [-0.05, 0) is 11.6 Å². The summed E-state index contributed by atoms with van der Waals surface area (Å²) in [7, 11) is -3.11. The Morgan fingerprint density at radius 3 is 2.32 bits per heavy atom. The molecule has 22 heavy (non-hydrogen) atoms. The molecule has 0 aliphatic heterocycles. The number of carboxylic acids is 1. The second-order valence-corrected chi connectivity index (χ2v) is 4.95. The Morgan fingerprint density at radius 1 is 1.18 bits per heavy atom. The van der Waals surface area contributed by atoms with Gasteiger partial charge < -0.3 is 5.11 Å². The molecule has 8 nitrogen and oxygen atoms in total. The van der Waals surface area contributed by atoms with Crippen LogP contribution in [-0.4, -0.2) is 24.4 Å². The van der Waals surface area contributed by atoms with Crippen LogP contribution in [0.5, 0.6) is 0 Å². The Bertz CT molecular complexity index is 809. The molecule has 0 bridgehead atoms. The van der Waals surface area contributed by atoms with E-state index in [9.17, 15) is 23.3 Å². The van der Waals surface area contributed by atoms with Crippen molar-refractivity contribution in [1.29, 1.82) is 0 Å². The van der Waals surface area contributed by atoms with Gasteiger partial charge >= 0.3 is 5.97 Å². The third-order valence-corrected chi connectivity index (χ3v) is 3.26. The van der Waals surface area contributed by atoms with Gasteiger partial charge in [0.2, 0.25) is 10.9 Å². The Hall–Kier alpha value is -2.94. The summed E-state index contributed by atoms with van der Waals surface area (Å²) in [5.74, 6) is -1.40. The third kappa shape index (κ3) is 3.20. The zero-order valence-corrected chi connectivity index (χ0v) is 11.8. The van der Waals surface area contributed by atoms with E-state index < -0.39 is 27.5 Å². The molecule has 2 N–H and O–H groups in total. The molecule has 2 aromatic carbocycles. The molecule has 0 unspecified atom stereocenters. The second-order valence-electron chi connectivity index (χ2n) is 4.22. The molecule has 0 fully saturated rings. The number of nitrogens with one attached hydrogen (secondary N) is 1. The molecule has 2 aromatic rings. The van der Waals surface area contributed by atoms with Gasteiger partial charge in [0, 0.05) is 6.07 Å². The quantitative estimate of drug-likeness (QED) is 0.438. The molecule has 0 saturated carbocycles. The molecule has 2 rings (SSSR count). The highest BCUT2D eigenvalue weighted by molar-refractivity contribution is 7.73. The van der Waals surface area contributed by atoms with Crippen LogP contribution in [0.15, 0.2) is 42.5 Å². The Morgan fingerprint density at radius 2 is 1.82 bits per heavy atom.